The fraction of sp³-hybridized carbons (Fsp3) is 0.462. The van der Waals surface area contributed by atoms with Gasteiger partial charge in [-0.3, -0.25) is 4.90 Å². The van der Waals surface area contributed by atoms with Crippen molar-refractivity contribution in [1.29, 1.82) is 0 Å². The summed E-state index contributed by atoms with van der Waals surface area (Å²) < 4.78 is 0. The highest BCUT2D eigenvalue weighted by atomic mass is 35.5. The summed E-state index contributed by atoms with van der Waals surface area (Å²) in [4.78, 5) is 2.22. The molecule has 0 atom stereocenters. The fourth-order valence-corrected chi connectivity index (χ4v) is 2.02. The van der Waals surface area contributed by atoms with Crippen molar-refractivity contribution in [3.8, 4) is 0 Å². The Hall–Kier alpha value is -0.970. The van der Waals surface area contributed by atoms with E-state index in [4.69, 9.17) is 34.1 Å². The Morgan fingerprint density at radius 1 is 1.37 bits per heavy atom. The van der Waals surface area contributed by atoms with Crippen LogP contribution in [0.1, 0.15) is 25.8 Å². The number of oxime groups is 1. The number of amidine groups is 1. The standard InChI is InChI=1S/C13H19Cl2N3O/c1-9(2)18(6-5-13(16)17-19)8-10-3-4-11(14)12(15)7-10/h3-4,7,9,19H,5-6,8H2,1-2H3,(H2,16,17). The molecule has 1 aromatic rings. The summed E-state index contributed by atoms with van der Waals surface area (Å²) in [5.41, 5.74) is 6.58. The zero-order valence-electron chi connectivity index (χ0n) is 11.1. The molecule has 1 aromatic carbocycles. The van der Waals surface area contributed by atoms with Crippen LogP contribution in [0.2, 0.25) is 10.0 Å². The Morgan fingerprint density at radius 3 is 2.58 bits per heavy atom. The first-order valence-corrected chi connectivity index (χ1v) is 6.84. The maximum Gasteiger partial charge on any atom is 0.140 e. The van der Waals surface area contributed by atoms with Crippen molar-refractivity contribution in [1.82, 2.24) is 4.90 Å². The molecule has 0 saturated carbocycles. The van der Waals surface area contributed by atoms with Gasteiger partial charge in [-0.15, -0.1) is 0 Å². The molecule has 0 unspecified atom stereocenters. The molecule has 0 aromatic heterocycles. The Bertz CT molecular complexity index is 450. The number of hydrogen-bond donors (Lipinski definition) is 2. The number of rotatable bonds is 6. The average molecular weight is 304 g/mol. The van der Waals surface area contributed by atoms with Crippen LogP contribution < -0.4 is 5.73 Å². The molecule has 106 valence electrons. The lowest BCUT2D eigenvalue weighted by Gasteiger charge is -2.26. The summed E-state index contributed by atoms with van der Waals surface area (Å²) in [6, 6.07) is 5.96. The van der Waals surface area contributed by atoms with Gasteiger partial charge in [0.1, 0.15) is 5.84 Å². The van der Waals surface area contributed by atoms with Crippen LogP contribution in [0.15, 0.2) is 23.4 Å². The first-order chi connectivity index (χ1) is 8.93. The van der Waals surface area contributed by atoms with E-state index in [1.807, 2.05) is 12.1 Å². The third-order valence-electron chi connectivity index (χ3n) is 2.88. The summed E-state index contributed by atoms with van der Waals surface area (Å²) >= 11 is 11.9. The zero-order valence-corrected chi connectivity index (χ0v) is 12.6. The van der Waals surface area contributed by atoms with Crippen LogP contribution in [-0.4, -0.2) is 28.5 Å². The first kappa shape index (κ1) is 16.1. The molecule has 0 fully saturated rings. The van der Waals surface area contributed by atoms with E-state index in [0.717, 1.165) is 12.1 Å². The van der Waals surface area contributed by atoms with Crippen molar-refractivity contribution in [3.05, 3.63) is 33.8 Å². The highest BCUT2D eigenvalue weighted by molar-refractivity contribution is 6.42. The van der Waals surface area contributed by atoms with Crippen LogP contribution in [0.3, 0.4) is 0 Å². The second kappa shape index (κ2) is 7.58. The van der Waals surface area contributed by atoms with Crippen molar-refractivity contribution in [3.63, 3.8) is 0 Å². The normalized spacial score (nSPS) is 12.4. The van der Waals surface area contributed by atoms with Gasteiger partial charge in [-0.2, -0.15) is 0 Å². The largest absolute Gasteiger partial charge is 0.409 e. The van der Waals surface area contributed by atoms with Gasteiger partial charge in [-0.05, 0) is 31.5 Å². The topological polar surface area (TPSA) is 61.8 Å². The minimum atomic E-state index is 0.236. The van der Waals surface area contributed by atoms with E-state index in [2.05, 4.69) is 23.9 Å². The van der Waals surface area contributed by atoms with E-state index in [9.17, 15) is 0 Å². The Kier molecular flexibility index (Phi) is 6.42. The lowest BCUT2D eigenvalue weighted by molar-refractivity contribution is 0.218. The second-order valence-electron chi connectivity index (χ2n) is 4.65. The van der Waals surface area contributed by atoms with Gasteiger partial charge in [0.25, 0.3) is 0 Å². The number of hydrogen-bond acceptors (Lipinski definition) is 3. The molecule has 3 N–H and O–H groups in total. The first-order valence-electron chi connectivity index (χ1n) is 6.08. The SMILES string of the molecule is CC(C)N(CCC(N)=NO)Cc1ccc(Cl)c(Cl)c1. The second-order valence-corrected chi connectivity index (χ2v) is 5.47. The summed E-state index contributed by atoms with van der Waals surface area (Å²) in [5, 5.41) is 12.6. The van der Waals surface area contributed by atoms with Crippen LogP contribution in [0.4, 0.5) is 0 Å². The van der Waals surface area contributed by atoms with Gasteiger partial charge >= 0.3 is 0 Å². The predicted molar refractivity (Wildman–Crippen MR) is 80.0 cm³/mol. The third kappa shape index (κ3) is 5.27. The Balaban J connectivity index is 2.70. The van der Waals surface area contributed by atoms with E-state index >= 15 is 0 Å². The average Bonchev–Trinajstić information content (AvgIpc) is 2.37. The van der Waals surface area contributed by atoms with Gasteiger partial charge in [0.2, 0.25) is 0 Å². The summed E-state index contributed by atoms with van der Waals surface area (Å²) in [6.07, 6.45) is 0.524. The van der Waals surface area contributed by atoms with Gasteiger partial charge in [0.05, 0.1) is 10.0 Å². The summed E-state index contributed by atoms with van der Waals surface area (Å²) in [5.74, 6) is 0.236. The Morgan fingerprint density at radius 2 is 2.05 bits per heavy atom. The van der Waals surface area contributed by atoms with Crippen LogP contribution in [-0.2, 0) is 6.54 Å². The van der Waals surface area contributed by atoms with Gasteiger partial charge < -0.3 is 10.9 Å². The lowest BCUT2D eigenvalue weighted by Crippen LogP contribution is -2.33. The third-order valence-corrected chi connectivity index (χ3v) is 3.62. The highest BCUT2D eigenvalue weighted by Crippen LogP contribution is 2.23. The molecule has 0 spiro atoms. The molecule has 0 aliphatic rings. The minimum absolute atomic E-state index is 0.236. The van der Waals surface area contributed by atoms with Crippen LogP contribution >= 0.6 is 23.2 Å². The smallest absolute Gasteiger partial charge is 0.140 e. The fourth-order valence-electron chi connectivity index (χ4n) is 1.70. The van der Waals surface area contributed by atoms with Gasteiger partial charge in [-0.25, -0.2) is 0 Å². The molecule has 0 amide bonds. The lowest BCUT2D eigenvalue weighted by atomic mass is 10.1. The van der Waals surface area contributed by atoms with E-state index in [1.54, 1.807) is 6.07 Å². The zero-order chi connectivity index (χ0) is 14.4. The van der Waals surface area contributed by atoms with Crippen molar-refractivity contribution in [2.24, 2.45) is 10.9 Å². The van der Waals surface area contributed by atoms with Crippen molar-refractivity contribution < 1.29 is 5.21 Å². The van der Waals surface area contributed by atoms with Gasteiger partial charge in [0.15, 0.2) is 0 Å². The number of nitrogens with two attached hydrogens (primary N) is 1. The molecule has 0 radical (unpaired) electrons. The van der Waals surface area contributed by atoms with E-state index in [-0.39, 0.29) is 5.84 Å². The highest BCUT2D eigenvalue weighted by Gasteiger charge is 2.11. The van der Waals surface area contributed by atoms with Crippen LogP contribution in [0.25, 0.3) is 0 Å². The van der Waals surface area contributed by atoms with Crippen molar-refractivity contribution in [2.45, 2.75) is 32.9 Å². The van der Waals surface area contributed by atoms with E-state index < -0.39 is 0 Å². The molecular weight excluding hydrogens is 285 g/mol. The van der Waals surface area contributed by atoms with E-state index in [1.165, 1.54) is 0 Å². The van der Waals surface area contributed by atoms with E-state index in [0.29, 0.717) is 29.1 Å². The molecule has 0 aliphatic carbocycles. The summed E-state index contributed by atoms with van der Waals surface area (Å²) in [7, 11) is 0. The molecule has 19 heavy (non-hydrogen) atoms. The maximum atomic E-state index is 8.56. The molecule has 6 heteroatoms. The molecule has 0 bridgehead atoms. The molecule has 0 aliphatic heterocycles. The Labute approximate surface area is 123 Å². The molecule has 0 heterocycles. The predicted octanol–water partition coefficient (Wildman–Crippen LogP) is 3.34. The number of halogens is 2. The molecule has 4 nitrogen and oxygen atoms in total. The quantitative estimate of drug-likeness (QED) is 0.367. The monoisotopic (exact) mass is 303 g/mol. The molecular formula is C13H19Cl2N3O. The van der Waals surface area contributed by atoms with Crippen molar-refractivity contribution in [2.75, 3.05) is 6.54 Å². The van der Waals surface area contributed by atoms with Gasteiger partial charge in [0, 0.05) is 25.6 Å². The number of nitrogens with zero attached hydrogens (tertiary/aromatic N) is 2. The maximum absolute atomic E-state index is 8.56. The number of benzene rings is 1. The van der Waals surface area contributed by atoms with Gasteiger partial charge in [-0.1, -0.05) is 34.4 Å². The van der Waals surface area contributed by atoms with Crippen LogP contribution in [0.5, 0.6) is 0 Å². The van der Waals surface area contributed by atoms with Crippen LogP contribution in [0, 0.1) is 0 Å². The summed E-state index contributed by atoms with van der Waals surface area (Å²) in [6.45, 7) is 5.66. The molecule has 0 saturated heterocycles. The molecule has 1 rings (SSSR count). The van der Waals surface area contributed by atoms with Crippen molar-refractivity contribution >= 4 is 29.0 Å². The minimum Gasteiger partial charge on any atom is -0.409 e.